The first-order valence-electron chi connectivity index (χ1n) is 6.14. The average Bonchev–Trinajstić information content (AvgIpc) is 2.83. The van der Waals surface area contributed by atoms with Crippen LogP contribution in [0, 0.1) is 16.7 Å². The van der Waals surface area contributed by atoms with Gasteiger partial charge < -0.3 is 5.11 Å². The van der Waals surface area contributed by atoms with Crippen molar-refractivity contribution in [2.24, 2.45) is 5.41 Å². The summed E-state index contributed by atoms with van der Waals surface area (Å²) in [6, 6.07) is 5.79. The van der Waals surface area contributed by atoms with Gasteiger partial charge in [-0.1, -0.05) is 11.6 Å². The predicted molar refractivity (Wildman–Crippen MR) is 75.3 cm³/mol. The molecule has 0 amide bonds. The minimum Gasteiger partial charge on any atom is -0.481 e. The highest BCUT2D eigenvalue weighted by Crippen LogP contribution is 2.35. The number of nitrogens with zero attached hydrogens (tertiary/aromatic N) is 2. The number of carbonyl (C=O) groups is 1. The summed E-state index contributed by atoms with van der Waals surface area (Å²) in [7, 11) is -3.87. The van der Waals surface area contributed by atoms with E-state index in [9.17, 15) is 13.2 Å². The molecule has 21 heavy (non-hydrogen) atoms. The predicted octanol–water partition coefficient (Wildman–Crippen LogP) is 1.70. The lowest BCUT2D eigenvalue weighted by atomic mass is 9.90. The van der Waals surface area contributed by atoms with Crippen molar-refractivity contribution in [2.75, 3.05) is 13.1 Å². The molecule has 0 aliphatic carbocycles. The van der Waals surface area contributed by atoms with Crippen molar-refractivity contribution in [3.63, 3.8) is 0 Å². The summed E-state index contributed by atoms with van der Waals surface area (Å²) in [4.78, 5) is 11.1. The van der Waals surface area contributed by atoms with Crippen molar-refractivity contribution in [1.29, 1.82) is 5.26 Å². The maximum atomic E-state index is 12.5. The number of hydrogen-bond donors (Lipinski definition) is 1. The molecule has 8 heteroatoms. The third-order valence-electron chi connectivity index (χ3n) is 3.63. The van der Waals surface area contributed by atoms with Crippen molar-refractivity contribution < 1.29 is 18.3 Å². The molecule has 0 saturated carbocycles. The first-order chi connectivity index (χ1) is 9.70. The molecule has 0 unspecified atom stereocenters. The van der Waals surface area contributed by atoms with E-state index in [2.05, 4.69) is 0 Å². The zero-order chi connectivity index (χ0) is 15.8. The van der Waals surface area contributed by atoms with Gasteiger partial charge in [-0.2, -0.15) is 9.57 Å². The van der Waals surface area contributed by atoms with Gasteiger partial charge in [0.2, 0.25) is 10.0 Å². The molecule has 1 aliphatic heterocycles. The molecule has 1 saturated heterocycles. The summed E-state index contributed by atoms with van der Waals surface area (Å²) in [5.74, 6) is -1.02. The van der Waals surface area contributed by atoms with Crippen LogP contribution in [0.4, 0.5) is 0 Å². The van der Waals surface area contributed by atoms with Gasteiger partial charge in [0, 0.05) is 13.1 Å². The average molecular weight is 329 g/mol. The Kier molecular flexibility index (Phi) is 3.97. The summed E-state index contributed by atoms with van der Waals surface area (Å²) in [5, 5.41) is 17.9. The summed E-state index contributed by atoms with van der Waals surface area (Å²) >= 11 is 5.93. The zero-order valence-electron chi connectivity index (χ0n) is 11.2. The number of benzene rings is 1. The maximum absolute atomic E-state index is 12.5. The molecule has 0 aromatic heterocycles. The smallest absolute Gasteiger partial charge is 0.310 e. The number of carboxylic acid groups (broad SMARTS) is 1. The van der Waals surface area contributed by atoms with Crippen molar-refractivity contribution in [3.8, 4) is 6.07 Å². The SMILES string of the molecule is C[C@]1(C(=O)O)CCN(S(=O)(=O)c2ccc(C#N)cc2Cl)C1. The topological polar surface area (TPSA) is 98.5 Å². The van der Waals surface area contributed by atoms with Gasteiger partial charge >= 0.3 is 5.97 Å². The number of aliphatic carboxylic acids is 1. The molecule has 0 bridgehead atoms. The maximum Gasteiger partial charge on any atom is 0.310 e. The Morgan fingerprint density at radius 2 is 2.19 bits per heavy atom. The summed E-state index contributed by atoms with van der Waals surface area (Å²) in [6.45, 7) is 1.55. The lowest BCUT2D eigenvalue weighted by Crippen LogP contribution is -2.35. The Labute approximate surface area is 127 Å². The molecule has 1 heterocycles. The highest BCUT2D eigenvalue weighted by atomic mass is 35.5. The fraction of sp³-hybridized carbons (Fsp3) is 0.385. The molecule has 1 aromatic carbocycles. The first kappa shape index (κ1) is 15.8. The second-order valence-corrected chi connectivity index (χ2v) is 7.52. The number of nitriles is 1. The molecule has 6 nitrogen and oxygen atoms in total. The van der Waals surface area contributed by atoms with Crippen LogP contribution in [0.2, 0.25) is 5.02 Å². The Morgan fingerprint density at radius 3 is 2.67 bits per heavy atom. The molecule has 2 rings (SSSR count). The van der Waals surface area contributed by atoms with E-state index >= 15 is 0 Å². The standard InChI is InChI=1S/C13H13ClN2O4S/c1-13(12(17)18)4-5-16(8-13)21(19,20)11-3-2-9(7-15)6-10(11)14/h2-3,6H,4-5,8H2,1H3,(H,17,18)/t13-/m0/s1. The van der Waals surface area contributed by atoms with Crippen molar-refractivity contribution in [1.82, 2.24) is 4.31 Å². The lowest BCUT2D eigenvalue weighted by Gasteiger charge is -2.20. The van der Waals surface area contributed by atoms with Crippen LogP contribution in [0.1, 0.15) is 18.9 Å². The Balaban J connectivity index is 2.37. The third kappa shape index (κ3) is 2.75. The van der Waals surface area contributed by atoms with Gasteiger partial charge in [0.25, 0.3) is 0 Å². The summed E-state index contributed by atoms with van der Waals surface area (Å²) in [6.07, 6.45) is 0.245. The summed E-state index contributed by atoms with van der Waals surface area (Å²) < 4.78 is 26.2. The van der Waals surface area contributed by atoms with Gasteiger partial charge in [-0.3, -0.25) is 4.79 Å². The highest BCUT2D eigenvalue weighted by molar-refractivity contribution is 7.89. The Hall–Kier alpha value is -1.62. The molecule has 1 aliphatic rings. The van der Waals surface area contributed by atoms with Crippen LogP contribution in [0.15, 0.2) is 23.1 Å². The van der Waals surface area contributed by atoms with E-state index in [1.807, 2.05) is 6.07 Å². The molecule has 1 N–H and O–H groups in total. The van der Waals surface area contributed by atoms with Crippen molar-refractivity contribution in [2.45, 2.75) is 18.2 Å². The molecular weight excluding hydrogens is 316 g/mol. The number of carboxylic acids is 1. The van der Waals surface area contributed by atoms with Crippen LogP contribution < -0.4 is 0 Å². The number of rotatable bonds is 3. The molecular formula is C13H13ClN2O4S. The van der Waals surface area contributed by atoms with E-state index in [0.29, 0.717) is 0 Å². The minimum absolute atomic E-state index is 0.0435. The van der Waals surface area contributed by atoms with E-state index in [1.165, 1.54) is 25.1 Å². The van der Waals surface area contributed by atoms with Crippen LogP contribution in [0.25, 0.3) is 0 Å². The van der Waals surface area contributed by atoms with Crippen LogP contribution in [0.3, 0.4) is 0 Å². The normalized spacial score (nSPS) is 22.9. The second kappa shape index (κ2) is 5.30. The molecule has 1 atom stereocenters. The van der Waals surface area contributed by atoms with Gasteiger partial charge in [-0.15, -0.1) is 0 Å². The monoisotopic (exact) mass is 328 g/mol. The van der Waals surface area contributed by atoms with E-state index in [-0.39, 0.29) is 35.0 Å². The second-order valence-electron chi connectivity index (χ2n) is 5.21. The van der Waals surface area contributed by atoms with E-state index in [1.54, 1.807) is 0 Å². The molecule has 0 spiro atoms. The van der Waals surface area contributed by atoms with Crippen LogP contribution in [-0.4, -0.2) is 36.9 Å². The summed E-state index contributed by atoms with van der Waals surface area (Å²) in [5.41, 5.74) is -0.831. The van der Waals surface area contributed by atoms with E-state index in [4.69, 9.17) is 22.0 Å². The fourth-order valence-corrected chi connectivity index (χ4v) is 4.30. The van der Waals surface area contributed by atoms with Crippen LogP contribution >= 0.6 is 11.6 Å². The van der Waals surface area contributed by atoms with Gasteiger partial charge in [0.05, 0.1) is 22.1 Å². The largest absolute Gasteiger partial charge is 0.481 e. The van der Waals surface area contributed by atoms with Crippen molar-refractivity contribution >= 4 is 27.6 Å². The number of sulfonamides is 1. The van der Waals surface area contributed by atoms with Crippen LogP contribution in [-0.2, 0) is 14.8 Å². The molecule has 0 radical (unpaired) electrons. The number of halogens is 1. The molecule has 1 fully saturated rings. The van der Waals surface area contributed by atoms with Gasteiger partial charge in [0.1, 0.15) is 4.90 Å². The van der Waals surface area contributed by atoms with E-state index < -0.39 is 21.4 Å². The lowest BCUT2D eigenvalue weighted by molar-refractivity contribution is -0.146. The van der Waals surface area contributed by atoms with E-state index in [0.717, 1.165) is 4.31 Å². The highest BCUT2D eigenvalue weighted by Gasteiger charge is 2.45. The third-order valence-corrected chi connectivity index (χ3v) is 5.96. The quantitative estimate of drug-likeness (QED) is 0.910. The molecule has 1 aromatic rings. The fourth-order valence-electron chi connectivity index (χ4n) is 2.22. The minimum atomic E-state index is -3.87. The Bertz CT molecular complexity index is 741. The van der Waals surface area contributed by atoms with Gasteiger partial charge in [-0.25, -0.2) is 8.42 Å². The van der Waals surface area contributed by atoms with Gasteiger partial charge in [0.15, 0.2) is 0 Å². The first-order valence-corrected chi connectivity index (χ1v) is 7.96. The Morgan fingerprint density at radius 1 is 1.52 bits per heavy atom. The van der Waals surface area contributed by atoms with Gasteiger partial charge in [-0.05, 0) is 31.5 Å². The molecule has 112 valence electrons. The van der Waals surface area contributed by atoms with Crippen molar-refractivity contribution in [3.05, 3.63) is 28.8 Å². The number of hydrogen-bond acceptors (Lipinski definition) is 4. The zero-order valence-corrected chi connectivity index (χ0v) is 12.8. The van der Waals surface area contributed by atoms with Crippen LogP contribution in [0.5, 0.6) is 0 Å².